The number of fused-ring (bicyclic) bond motifs is 2. The zero-order chi connectivity index (χ0) is 22.9. The molecule has 9 nitrogen and oxygen atoms in total. The van der Waals surface area contributed by atoms with Crippen molar-refractivity contribution in [3.63, 3.8) is 0 Å². The molecule has 0 saturated heterocycles. The molecule has 5 rings (SSSR count). The molecule has 1 aliphatic rings. The van der Waals surface area contributed by atoms with Crippen molar-refractivity contribution < 1.29 is 18.7 Å². The van der Waals surface area contributed by atoms with Crippen LogP contribution in [-0.4, -0.2) is 43.5 Å². The van der Waals surface area contributed by atoms with E-state index in [1.165, 1.54) is 33.4 Å². The first-order valence-electron chi connectivity index (χ1n) is 10.1. The van der Waals surface area contributed by atoms with Crippen LogP contribution in [0.25, 0.3) is 11.3 Å². The van der Waals surface area contributed by atoms with Gasteiger partial charge in [0.15, 0.2) is 16.7 Å². The van der Waals surface area contributed by atoms with Gasteiger partial charge in [-0.1, -0.05) is 17.8 Å². The zero-order valence-electron chi connectivity index (χ0n) is 17.4. The van der Waals surface area contributed by atoms with Gasteiger partial charge in [0.25, 0.3) is 0 Å². The van der Waals surface area contributed by atoms with Gasteiger partial charge in [-0.15, -0.1) is 10.2 Å². The Kier molecular flexibility index (Phi) is 5.47. The Morgan fingerprint density at radius 3 is 2.76 bits per heavy atom. The predicted octanol–water partition coefficient (Wildman–Crippen LogP) is 2.91. The maximum absolute atomic E-state index is 13.6. The summed E-state index contributed by atoms with van der Waals surface area (Å²) in [6.07, 6.45) is 3.12. The highest BCUT2D eigenvalue weighted by molar-refractivity contribution is 8.00. The molecule has 2 aromatic carbocycles. The summed E-state index contributed by atoms with van der Waals surface area (Å²) in [4.78, 5) is 25.6. The second-order valence-corrected chi connectivity index (χ2v) is 8.55. The molecule has 33 heavy (non-hydrogen) atoms. The van der Waals surface area contributed by atoms with Gasteiger partial charge in [-0.05, 0) is 37.3 Å². The van der Waals surface area contributed by atoms with Crippen molar-refractivity contribution in [3.05, 3.63) is 71.0 Å². The second-order valence-electron chi connectivity index (χ2n) is 7.24. The SMILES string of the molecule is C[C@@H](Sc1nnc2c(=O)n(-c3cccc(F)c3)ccn12)C(=O)Nc1ccc2c(c1)OCCO2. The Labute approximate surface area is 191 Å². The van der Waals surface area contributed by atoms with Gasteiger partial charge in [0.05, 0.1) is 10.9 Å². The fourth-order valence-corrected chi connectivity index (χ4v) is 4.18. The van der Waals surface area contributed by atoms with Crippen molar-refractivity contribution in [2.45, 2.75) is 17.3 Å². The summed E-state index contributed by atoms with van der Waals surface area (Å²) in [7, 11) is 0. The number of thioether (sulfide) groups is 1. The number of carbonyl (C=O) groups is 1. The number of anilines is 1. The minimum Gasteiger partial charge on any atom is -0.486 e. The Morgan fingerprint density at radius 1 is 1.12 bits per heavy atom. The van der Waals surface area contributed by atoms with Crippen LogP contribution in [0.1, 0.15) is 6.92 Å². The number of nitrogens with zero attached hydrogens (tertiary/aromatic N) is 4. The predicted molar refractivity (Wildman–Crippen MR) is 120 cm³/mol. The average molecular weight is 467 g/mol. The molecule has 3 heterocycles. The lowest BCUT2D eigenvalue weighted by Crippen LogP contribution is -2.23. The lowest BCUT2D eigenvalue weighted by Gasteiger charge is -2.19. The number of hydrogen-bond donors (Lipinski definition) is 1. The maximum atomic E-state index is 13.6. The third kappa shape index (κ3) is 4.14. The summed E-state index contributed by atoms with van der Waals surface area (Å²) in [5.41, 5.74) is 0.590. The Hall–Kier alpha value is -3.86. The normalized spacial score (nSPS) is 13.6. The van der Waals surface area contributed by atoms with Gasteiger partial charge < -0.3 is 14.8 Å². The minimum absolute atomic E-state index is 0.0729. The molecule has 0 aliphatic carbocycles. The summed E-state index contributed by atoms with van der Waals surface area (Å²) < 4.78 is 27.4. The summed E-state index contributed by atoms with van der Waals surface area (Å²) in [6.45, 7) is 2.68. The number of hydrogen-bond acceptors (Lipinski definition) is 7. The average Bonchev–Trinajstić information content (AvgIpc) is 3.22. The standard InChI is InChI=1S/C22H18FN5O4S/c1-13(20(29)24-15-5-6-17-18(12-15)32-10-9-31-17)33-22-26-25-19-21(30)27(7-8-28(19)22)16-4-2-3-14(23)11-16/h2-8,11-13H,9-10H2,1H3,(H,24,29)/t13-/m1/s1. The lowest BCUT2D eigenvalue weighted by molar-refractivity contribution is -0.115. The highest BCUT2D eigenvalue weighted by Crippen LogP contribution is 2.33. The number of amides is 1. The molecule has 0 spiro atoms. The molecule has 11 heteroatoms. The molecule has 0 fully saturated rings. The zero-order valence-corrected chi connectivity index (χ0v) is 18.2. The van der Waals surface area contributed by atoms with Crippen molar-refractivity contribution >= 4 is 29.0 Å². The number of halogens is 1. The number of rotatable bonds is 5. The lowest BCUT2D eigenvalue weighted by atomic mass is 10.2. The van der Waals surface area contributed by atoms with Crippen LogP contribution in [-0.2, 0) is 4.79 Å². The van der Waals surface area contributed by atoms with E-state index < -0.39 is 16.6 Å². The molecular weight excluding hydrogens is 449 g/mol. The van der Waals surface area contributed by atoms with Crippen LogP contribution in [0.4, 0.5) is 10.1 Å². The summed E-state index contributed by atoms with van der Waals surface area (Å²) >= 11 is 1.16. The molecule has 1 amide bonds. The first kappa shape index (κ1) is 21.0. The molecule has 4 aromatic rings. The first-order valence-corrected chi connectivity index (χ1v) is 11.0. The van der Waals surface area contributed by atoms with E-state index in [2.05, 4.69) is 15.5 Å². The molecule has 0 saturated carbocycles. The number of ether oxygens (including phenoxy) is 2. The molecule has 1 aliphatic heterocycles. The molecule has 0 bridgehead atoms. The van der Waals surface area contributed by atoms with Crippen LogP contribution in [0.3, 0.4) is 0 Å². The highest BCUT2D eigenvalue weighted by Gasteiger charge is 2.20. The molecule has 1 atom stereocenters. The number of benzene rings is 2. The van der Waals surface area contributed by atoms with Gasteiger partial charge in [0.2, 0.25) is 11.6 Å². The smallest absolute Gasteiger partial charge is 0.300 e. The van der Waals surface area contributed by atoms with Crippen molar-refractivity contribution in [2.75, 3.05) is 18.5 Å². The largest absolute Gasteiger partial charge is 0.486 e. The van der Waals surface area contributed by atoms with E-state index in [1.54, 1.807) is 37.4 Å². The van der Waals surface area contributed by atoms with Crippen LogP contribution in [0.15, 0.2) is 64.8 Å². The Balaban J connectivity index is 1.34. The minimum atomic E-state index is -0.531. The Morgan fingerprint density at radius 2 is 1.94 bits per heavy atom. The molecule has 168 valence electrons. The van der Waals surface area contributed by atoms with E-state index >= 15 is 0 Å². The van der Waals surface area contributed by atoms with Gasteiger partial charge in [-0.25, -0.2) is 4.39 Å². The fourth-order valence-electron chi connectivity index (χ4n) is 3.35. The summed E-state index contributed by atoms with van der Waals surface area (Å²) in [6, 6.07) is 10.9. The number of nitrogens with one attached hydrogen (secondary N) is 1. The van der Waals surface area contributed by atoms with Crippen LogP contribution in [0.2, 0.25) is 0 Å². The van der Waals surface area contributed by atoms with Crippen molar-refractivity contribution in [2.24, 2.45) is 0 Å². The third-order valence-electron chi connectivity index (χ3n) is 4.99. The van der Waals surface area contributed by atoms with E-state index in [0.717, 1.165) is 11.8 Å². The summed E-state index contributed by atoms with van der Waals surface area (Å²) in [5, 5.41) is 10.7. The molecule has 2 aromatic heterocycles. The summed E-state index contributed by atoms with van der Waals surface area (Å²) in [5.74, 6) is 0.522. The monoisotopic (exact) mass is 467 g/mol. The van der Waals surface area contributed by atoms with Gasteiger partial charge in [-0.2, -0.15) is 0 Å². The van der Waals surface area contributed by atoms with Crippen LogP contribution >= 0.6 is 11.8 Å². The third-order valence-corrected chi connectivity index (χ3v) is 6.04. The van der Waals surface area contributed by atoms with Gasteiger partial charge in [0.1, 0.15) is 19.0 Å². The van der Waals surface area contributed by atoms with E-state index in [-0.39, 0.29) is 11.6 Å². The van der Waals surface area contributed by atoms with Crippen molar-refractivity contribution in [1.29, 1.82) is 0 Å². The molecule has 1 N–H and O–H groups in total. The molecule has 0 unspecified atom stereocenters. The maximum Gasteiger partial charge on any atom is 0.300 e. The van der Waals surface area contributed by atoms with Gasteiger partial charge in [-0.3, -0.25) is 18.6 Å². The Bertz CT molecular complexity index is 1420. The first-order chi connectivity index (χ1) is 16.0. The van der Waals surface area contributed by atoms with Crippen LogP contribution in [0, 0.1) is 5.82 Å². The van der Waals surface area contributed by atoms with Crippen molar-refractivity contribution in [1.82, 2.24) is 19.2 Å². The van der Waals surface area contributed by atoms with E-state index in [0.29, 0.717) is 41.2 Å². The number of aromatic nitrogens is 4. The van der Waals surface area contributed by atoms with Gasteiger partial charge >= 0.3 is 5.56 Å². The van der Waals surface area contributed by atoms with E-state index in [9.17, 15) is 14.0 Å². The van der Waals surface area contributed by atoms with Gasteiger partial charge in [0, 0.05) is 24.1 Å². The fraction of sp³-hybridized carbons (Fsp3) is 0.182. The topological polar surface area (TPSA) is 99.8 Å². The van der Waals surface area contributed by atoms with E-state index in [1.807, 2.05) is 0 Å². The van der Waals surface area contributed by atoms with E-state index in [4.69, 9.17) is 9.47 Å². The molecule has 0 radical (unpaired) electrons. The highest BCUT2D eigenvalue weighted by atomic mass is 32.2. The molecular formula is C22H18FN5O4S. The quantitative estimate of drug-likeness (QED) is 0.451. The van der Waals surface area contributed by atoms with Crippen LogP contribution in [0.5, 0.6) is 11.5 Å². The van der Waals surface area contributed by atoms with Crippen molar-refractivity contribution in [3.8, 4) is 17.2 Å². The number of carbonyl (C=O) groups excluding carboxylic acids is 1. The second kappa shape index (κ2) is 8.58. The van der Waals surface area contributed by atoms with Crippen LogP contribution < -0.4 is 20.3 Å².